The van der Waals surface area contributed by atoms with Gasteiger partial charge in [0, 0.05) is 0 Å². The summed E-state index contributed by atoms with van der Waals surface area (Å²) in [5.41, 5.74) is 2.36. The highest BCUT2D eigenvalue weighted by molar-refractivity contribution is 6.21. The quantitative estimate of drug-likeness (QED) is 0.251. The first-order valence-electron chi connectivity index (χ1n) is 14.4. The number of methoxy groups -OCH3 is 1. The van der Waals surface area contributed by atoms with E-state index in [4.69, 9.17) is 23.7 Å². The maximum absolute atomic E-state index is 13.7. The van der Waals surface area contributed by atoms with E-state index in [9.17, 15) is 14.7 Å². The van der Waals surface area contributed by atoms with E-state index in [1.54, 1.807) is 55.6 Å². The van der Waals surface area contributed by atoms with E-state index >= 15 is 0 Å². The smallest absolute Gasteiger partial charge is 0.262 e. The number of rotatable bonds is 11. The number of carbonyl (C=O) groups is 2. The van der Waals surface area contributed by atoms with E-state index in [-0.39, 0.29) is 24.3 Å². The number of ether oxygens (including phenoxy) is 5. The molecule has 0 spiro atoms. The Labute approximate surface area is 255 Å². The number of carbonyl (C=O) groups excluding carboxylic acids is 2. The Bertz CT molecular complexity index is 1530. The zero-order valence-corrected chi connectivity index (χ0v) is 24.2. The standard InChI is InChI=1S/C35H33NO8/c1-40-25-16-18-26(19-17-25)43-35-30(36-33(38)27-14-8-9-15-28(27)34(36)39)32(42-21-24-12-6-3-7-13-24)31(37)29(44-35)22-41-20-23-10-4-2-5-11-23/h2-19,29-32,35,37H,20-22H2,1H3/t29-,30-,31-,32-,35+/m1/s1. The molecule has 2 amide bonds. The van der Waals surface area contributed by atoms with Crippen molar-refractivity contribution in [1.29, 1.82) is 0 Å². The number of benzene rings is 4. The molecule has 9 heteroatoms. The number of nitrogens with zero attached hydrogens (tertiary/aromatic N) is 1. The summed E-state index contributed by atoms with van der Waals surface area (Å²) >= 11 is 0. The van der Waals surface area contributed by atoms with Crippen LogP contribution in [-0.4, -0.2) is 66.2 Å². The average Bonchev–Trinajstić information content (AvgIpc) is 3.32. The van der Waals surface area contributed by atoms with Gasteiger partial charge in [-0.15, -0.1) is 0 Å². The highest BCUT2D eigenvalue weighted by Crippen LogP contribution is 2.35. The van der Waals surface area contributed by atoms with E-state index in [1.807, 2.05) is 60.7 Å². The average molecular weight is 596 g/mol. The van der Waals surface area contributed by atoms with Crippen molar-refractivity contribution < 1.29 is 38.4 Å². The summed E-state index contributed by atoms with van der Waals surface area (Å²) in [6, 6.07) is 31.5. The van der Waals surface area contributed by atoms with Gasteiger partial charge in [-0.2, -0.15) is 0 Å². The molecular formula is C35H33NO8. The molecule has 1 saturated heterocycles. The van der Waals surface area contributed by atoms with Crippen molar-refractivity contribution in [3.8, 4) is 11.5 Å². The molecule has 0 bridgehead atoms. The van der Waals surface area contributed by atoms with E-state index < -0.39 is 42.5 Å². The first-order valence-corrected chi connectivity index (χ1v) is 14.4. The number of aliphatic hydroxyl groups excluding tert-OH is 1. The van der Waals surface area contributed by atoms with E-state index in [2.05, 4.69) is 0 Å². The summed E-state index contributed by atoms with van der Waals surface area (Å²) in [6.45, 7) is 0.433. The molecule has 2 aliphatic heterocycles. The first-order chi connectivity index (χ1) is 21.5. The highest BCUT2D eigenvalue weighted by Gasteiger charge is 2.55. The SMILES string of the molecule is COc1ccc(O[C@H]2O[C@H](COCc3ccccc3)[C@@H](O)[C@H](OCc3ccccc3)[C@H]2N2C(=O)c3ccccc3C2=O)cc1. The van der Waals surface area contributed by atoms with Crippen LogP contribution in [0.4, 0.5) is 0 Å². The molecule has 2 aliphatic rings. The minimum atomic E-state index is -1.26. The van der Waals surface area contributed by atoms with E-state index in [0.29, 0.717) is 18.1 Å². The van der Waals surface area contributed by atoms with Gasteiger partial charge in [0.1, 0.15) is 35.9 Å². The monoisotopic (exact) mass is 595 g/mol. The van der Waals surface area contributed by atoms with E-state index in [1.165, 1.54) is 0 Å². The first kappa shape index (κ1) is 29.5. The molecule has 44 heavy (non-hydrogen) atoms. The number of hydrogen-bond acceptors (Lipinski definition) is 8. The second-order valence-electron chi connectivity index (χ2n) is 10.6. The molecule has 5 atom stereocenters. The number of amides is 2. The lowest BCUT2D eigenvalue weighted by Crippen LogP contribution is -2.67. The van der Waals surface area contributed by atoms with Gasteiger partial charge in [0.05, 0.1) is 38.1 Å². The lowest BCUT2D eigenvalue weighted by molar-refractivity contribution is -0.267. The summed E-state index contributed by atoms with van der Waals surface area (Å²) in [7, 11) is 1.56. The fourth-order valence-electron chi connectivity index (χ4n) is 5.50. The van der Waals surface area contributed by atoms with Crippen LogP contribution in [0, 0.1) is 0 Å². The topological polar surface area (TPSA) is 104 Å². The van der Waals surface area contributed by atoms with E-state index in [0.717, 1.165) is 16.0 Å². The van der Waals surface area contributed by atoms with Gasteiger partial charge in [0.25, 0.3) is 11.8 Å². The van der Waals surface area contributed by atoms with Crippen LogP contribution in [0.25, 0.3) is 0 Å². The van der Waals surface area contributed by atoms with Crippen LogP contribution in [-0.2, 0) is 27.4 Å². The molecule has 0 aromatic heterocycles. The van der Waals surface area contributed by atoms with Gasteiger partial charge >= 0.3 is 0 Å². The third kappa shape index (κ3) is 6.22. The molecule has 6 rings (SSSR count). The Balaban J connectivity index is 1.33. The maximum atomic E-state index is 13.7. The normalized spacial score (nSPS) is 23.0. The van der Waals surface area contributed by atoms with Crippen LogP contribution in [0.1, 0.15) is 31.8 Å². The Morgan fingerprint density at radius 2 is 1.27 bits per heavy atom. The Hall–Kier alpha value is -4.54. The zero-order valence-electron chi connectivity index (χ0n) is 24.2. The summed E-state index contributed by atoms with van der Waals surface area (Å²) in [5, 5.41) is 11.7. The maximum Gasteiger partial charge on any atom is 0.262 e. The fourth-order valence-corrected chi connectivity index (χ4v) is 5.50. The second-order valence-corrected chi connectivity index (χ2v) is 10.6. The van der Waals surface area contributed by atoms with Crippen molar-refractivity contribution in [2.75, 3.05) is 13.7 Å². The van der Waals surface area contributed by atoms with Crippen LogP contribution >= 0.6 is 0 Å². The molecule has 2 heterocycles. The highest BCUT2D eigenvalue weighted by atomic mass is 16.7. The zero-order chi connectivity index (χ0) is 30.5. The van der Waals surface area contributed by atoms with Crippen molar-refractivity contribution in [2.45, 2.75) is 43.9 Å². The van der Waals surface area contributed by atoms with Gasteiger partial charge < -0.3 is 28.8 Å². The predicted octanol–water partition coefficient (Wildman–Crippen LogP) is 4.63. The van der Waals surface area contributed by atoms with Crippen LogP contribution in [0.2, 0.25) is 0 Å². The van der Waals surface area contributed by atoms with Crippen molar-refractivity contribution >= 4 is 11.8 Å². The van der Waals surface area contributed by atoms with Gasteiger partial charge in [-0.3, -0.25) is 14.5 Å². The van der Waals surface area contributed by atoms with Gasteiger partial charge in [-0.05, 0) is 47.5 Å². The molecule has 1 fully saturated rings. The third-order valence-corrected chi connectivity index (χ3v) is 7.76. The van der Waals surface area contributed by atoms with Crippen molar-refractivity contribution in [1.82, 2.24) is 4.90 Å². The fraction of sp³-hybridized carbons (Fsp3) is 0.257. The summed E-state index contributed by atoms with van der Waals surface area (Å²) in [4.78, 5) is 28.6. The molecule has 226 valence electrons. The minimum absolute atomic E-state index is 0.0125. The molecule has 4 aromatic carbocycles. The molecule has 0 aliphatic carbocycles. The largest absolute Gasteiger partial charge is 0.497 e. The Morgan fingerprint density at radius 1 is 0.727 bits per heavy atom. The third-order valence-electron chi connectivity index (χ3n) is 7.76. The van der Waals surface area contributed by atoms with Crippen molar-refractivity contribution in [2.24, 2.45) is 0 Å². The lowest BCUT2D eigenvalue weighted by atomic mass is 9.95. The molecular weight excluding hydrogens is 562 g/mol. The van der Waals surface area contributed by atoms with Gasteiger partial charge in [0.15, 0.2) is 0 Å². The van der Waals surface area contributed by atoms with Crippen molar-refractivity contribution in [3.05, 3.63) is 131 Å². The van der Waals surface area contributed by atoms with Gasteiger partial charge in [-0.1, -0.05) is 72.8 Å². The van der Waals surface area contributed by atoms with Crippen LogP contribution in [0.15, 0.2) is 109 Å². The van der Waals surface area contributed by atoms with Gasteiger partial charge in [0.2, 0.25) is 6.29 Å². The van der Waals surface area contributed by atoms with Crippen LogP contribution in [0.3, 0.4) is 0 Å². The minimum Gasteiger partial charge on any atom is -0.497 e. The molecule has 9 nitrogen and oxygen atoms in total. The lowest BCUT2D eigenvalue weighted by Gasteiger charge is -2.46. The molecule has 0 unspecified atom stereocenters. The molecule has 0 saturated carbocycles. The number of fused-ring (bicyclic) bond motifs is 1. The predicted molar refractivity (Wildman–Crippen MR) is 160 cm³/mol. The number of imide groups is 1. The Kier molecular flexibility index (Phi) is 8.99. The Morgan fingerprint density at radius 3 is 1.86 bits per heavy atom. The molecule has 1 N–H and O–H groups in total. The number of aliphatic hydroxyl groups is 1. The number of hydrogen-bond donors (Lipinski definition) is 1. The molecule has 0 radical (unpaired) electrons. The van der Waals surface area contributed by atoms with Crippen LogP contribution in [0.5, 0.6) is 11.5 Å². The summed E-state index contributed by atoms with van der Waals surface area (Å²) in [6.07, 6.45) is -4.42. The van der Waals surface area contributed by atoms with Crippen LogP contribution < -0.4 is 9.47 Å². The summed E-state index contributed by atoms with van der Waals surface area (Å²) < 4.78 is 30.3. The summed E-state index contributed by atoms with van der Waals surface area (Å²) in [5.74, 6) is 0.0219. The van der Waals surface area contributed by atoms with Crippen molar-refractivity contribution in [3.63, 3.8) is 0 Å². The molecule has 4 aromatic rings. The van der Waals surface area contributed by atoms with Gasteiger partial charge in [-0.25, -0.2) is 0 Å². The second kappa shape index (κ2) is 13.4.